The van der Waals surface area contributed by atoms with Crippen molar-refractivity contribution in [2.45, 2.75) is 24.8 Å². The second kappa shape index (κ2) is 8.94. The highest BCUT2D eigenvalue weighted by Gasteiger charge is 2.23. The fourth-order valence-electron chi connectivity index (χ4n) is 1.80. The Morgan fingerprint density at radius 3 is 2.46 bits per heavy atom. The Labute approximate surface area is 154 Å². The molecule has 0 saturated heterocycles. The summed E-state index contributed by atoms with van der Waals surface area (Å²) >= 11 is 5.98. The molecule has 0 spiro atoms. The Morgan fingerprint density at radius 1 is 1.35 bits per heavy atom. The van der Waals surface area contributed by atoms with Crippen LogP contribution in [0, 0.1) is 0 Å². The number of carboxylic acids is 1. The van der Waals surface area contributed by atoms with Gasteiger partial charge in [-0.1, -0.05) is 11.6 Å². The number of esters is 1. The second-order valence-corrected chi connectivity index (χ2v) is 6.99. The molecule has 0 aliphatic heterocycles. The van der Waals surface area contributed by atoms with Crippen molar-refractivity contribution in [3.05, 3.63) is 22.7 Å². The summed E-state index contributed by atoms with van der Waals surface area (Å²) in [5.41, 5.74) is -0.364. The standard InChI is InChI=1S/C14H18ClN3O7S/c1-3-25-14(22)8-4-9(12(15)10(5-8)26(16,23)24)18-13(21)7(2)17-6-11(19)20/h4-5,7,17H,3,6H2,1-2H3,(H,18,21)(H,19,20)(H2,16,23,24)/t7-/m0/s1. The molecule has 1 aromatic rings. The molecule has 0 aliphatic rings. The van der Waals surface area contributed by atoms with Crippen LogP contribution in [0.3, 0.4) is 0 Å². The van der Waals surface area contributed by atoms with Gasteiger partial charge in [0.25, 0.3) is 0 Å². The lowest BCUT2D eigenvalue weighted by atomic mass is 10.2. The number of hydrogen-bond donors (Lipinski definition) is 4. The molecule has 0 aromatic heterocycles. The topological polar surface area (TPSA) is 165 Å². The first kappa shape index (κ1) is 21.8. The number of nitrogens with two attached hydrogens (primary N) is 1. The molecule has 12 heteroatoms. The highest BCUT2D eigenvalue weighted by molar-refractivity contribution is 7.89. The fraction of sp³-hybridized carbons (Fsp3) is 0.357. The van der Waals surface area contributed by atoms with Gasteiger partial charge in [-0.05, 0) is 26.0 Å². The van der Waals surface area contributed by atoms with Crippen molar-refractivity contribution in [1.82, 2.24) is 5.32 Å². The summed E-state index contributed by atoms with van der Waals surface area (Å²) in [7, 11) is -4.29. The zero-order chi connectivity index (χ0) is 20.1. The summed E-state index contributed by atoms with van der Waals surface area (Å²) in [5.74, 6) is -2.69. The molecule has 1 aromatic carbocycles. The van der Waals surface area contributed by atoms with Crippen molar-refractivity contribution in [3.63, 3.8) is 0 Å². The highest BCUT2D eigenvalue weighted by Crippen LogP contribution is 2.31. The number of halogens is 1. The molecular formula is C14H18ClN3O7S. The predicted octanol–water partition coefficient (Wildman–Crippen LogP) is 0.165. The molecule has 0 heterocycles. The summed E-state index contributed by atoms with van der Waals surface area (Å²) in [6.07, 6.45) is 0. The van der Waals surface area contributed by atoms with Gasteiger partial charge in [-0.15, -0.1) is 0 Å². The molecule has 10 nitrogen and oxygen atoms in total. The number of aliphatic carboxylic acids is 1. The van der Waals surface area contributed by atoms with Crippen LogP contribution in [0.4, 0.5) is 5.69 Å². The van der Waals surface area contributed by atoms with Crippen molar-refractivity contribution >= 4 is 45.2 Å². The normalized spacial score (nSPS) is 12.3. The van der Waals surface area contributed by atoms with Gasteiger partial charge in [0.05, 0.1) is 35.5 Å². The average molecular weight is 408 g/mol. The molecule has 1 atom stereocenters. The van der Waals surface area contributed by atoms with Crippen LogP contribution >= 0.6 is 11.6 Å². The van der Waals surface area contributed by atoms with Gasteiger partial charge in [0.15, 0.2) is 0 Å². The third-order valence-electron chi connectivity index (χ3n) is 3.07. The van der Waals surface area contributed by atoms with E-state index in [1.807, 2.05) is 0 Å². The number of carboxylic acid groups (broad SMARTS) is 1. The molecule has 1 amide bonds. The van der Waals surface area contributed by atoms with Gasteiger partial charge in [-0.25, -0.2) is 18.4 Å². The Bertz CT molecular complexity index is 826. The summed E-state index contributed by atoms with van der Waals surface area (Å²) in [6.45, 7) is 2.53. The first-order valence-corrected chi connectivity index (χ1v) is 9.19. The minimum absolute atomic E-state index is 0.0456. The predicted molar refractivity (Wildman–Crippen MR) is 92.5 cm³/mol. The first-order chi connectivity index (χ1) is 12.0. The minimum atomic E-state index is -4.29. The zero-order valence-corrected chi connectivity index (χ0v) is 15.5. The van der Waals surface area contributed by atoms with Crippen molar-refractivity contribution in [1.29, 1.82) is 0 Å². The number of sulfonamides is 1. The van der Waals surface area contributed by atoms with Crippen molar-refractivity contribution in [3.8, 4) is 0 Å². The fourth-order valence-corrected chi connectivity index (χ4v) is 2.93. The number of nitrogens with one attached hydrogen (secondary N) is 2. The van der Waals surface area contributed by atoms with Crippen LogP contribution < -0.4 is 15.8 Å². The minimum Gasteiger partial charge on any atom is -0.480 e. The van der Waals surface area contributed by atoms with Crippen LogP contribution in [-0.2, 0) is 24.3 Å². The molecule has 0 fully saturated rings. The number of primary sulfonamides is 1. The van der Waals surface area contributed by atoms with Crippen molar-refractivity contribution in [2.24, 2.45) is 5.14 Å². The van der Waals surface area contributed by atoms with E-state index in [-0.39, 0.29) is 22.9 Å². The lowest BCUT2D eigenvalue weighted by Gasteiger charge is -2.16. The van der Waals surface area contributed by atoms with E-state index in [0.29, 0.717) is 0 Å². The number of benzene rings is 1. The lowest BCUT2D eigenvalue weighted by molar-refractivity contribution is -0.136. The third kappa shape index (κ3) is 5.95. The lowest BCUT2D eigenvalue weighted by Crippen LogP contribution is -2.40. The Hall–Kier alpha value is -2.21. The number of rotatable bonds is 8. The molecule has 1 rings (SSSR count). The molecule has 5 N–H and O–H groups in total. The Morgan fingerprint density at radius 2 is 1.96 bits per heavy atom. The van der Waals surface area contributed by atoms with E-state index in [0.717, 1.165) is 12.1 Å². The monoisotopic (exact) mass is 407 g/mol. The summed E-state index contributed by atoms with van der Waals surface area (Å²) in [5, 5.41) is 18.1. The zero-order valence-electron chi connectivity index (χ0n) is 13.9. The number of carbonyl (C=O) groups excluding carboxylic acids is 2. The van der Waals surface area contributed by atoms with Gasteiger partial charge in [0, 0.05) is 0 Å². The number of anilines is 1. The number of hydrogen-bond acceptors (Lipinski definition) is 7. The Balaban J connectivity index is 3.24. The number of carbonyl (C=O) groups is 3. The smallest absolute Gasteiger partial charge is 0.338 e. The quantitative estimate of drug-likeness (QED) is 0.442. The largest absolute Gasteiger partial charge is 0.480 e. The van der Waals surface area contributed by atoms with Gasteiger partial charge in [-0.2, -0.15) is 0 Å². The van der Waals surface area contributed by atoms with Crippen molar-refractivity contribution in [2.75, 3.05) is 18.5 Å². The van der Waals surface area contributed by atoms with E-state index < -0.39 is 45.4 Å². The van der Waals surface area contributed by atoms with Gasteiger partial charge >= 0.3 is 11.9 Å². The average Bonchev–Trinajstić information content (AvgIpc) is 2.53. The van der Waals surface area contributed by atoms with Crippen LogP contribution in [0.1, 0.15) is 24.2 Å². The maximum atomic E-state index is 12.1. The van der Waals surface area contributed by atoms with Crippen LogP contribution in [0.5, 0.6) is 0 Å². The van der Waals surface area contributed by atoms with Gasteiger partial charge in [0.1, 0.15) is 4.90 Å². The second-order valence-electron chi connectivity index (χ2n) is 5.09. The van der Waals surface area contributed by atoms with E-state index in [9.17, 15) is 22.8 Å². The van der Waals surface area contributed by atoms with E-state index in [1.165, 1.54) is 6.92 Å². The highest BCUT2D eigenvalue weighted by atomic mass is 35.5. The SMILES string of the molecule is CCOC(=O)c1cc(NC(=O)[C@H](C)NCC(=O)O)c(Cl)c(S(N)(=O)=O)c1. The molecule has 144 valence electrons. The molecule has 0 bridgehead atoms. The van der Waals surface area contributed by atoms with Crippen LogP contribution in [0.25, 0.3) is 0 Å². The summed E-state index contributed by atoms with van der Waals surface area (Å²) in [4.78, 5) is 34.0. The first-order valence-electron chi connectivity index (χ1n) is 7.26. The molecule has 0 radical (unpaired) electrons. The van der Waals surface area contributed by atoms with Crippen LogP contribution in [0.15, 0.2) is 17.0 Å². The van der Waals surface area contributed by atoms with Crippen molar-refractivity contribution < 1.29 is 32.6 Å². The molecular weight excluding hydrogens is 390 g/mol. The molecule has 26 heavy (non-hydrogen) atoms. The van der Waals surface area contributed by atoms with Crippen LogP contribution in [0.2, 0.25) is 5.02 Å². The number of ether oxygens (including phenoxy) is 1. The summed E-state index contributed by atoms with van der Waals surface area (Å²) in [6, 6.07) is 1.14. The Kier molecular flexibility index (Phi) is 7.51. The maximum absolute atomic E-state index is 12.1. The summed E-state index contributed by atoms with van der Waals surface area (Å²) < 4.78 is 28.2. The van der Waals surface area contributed by atoms with E-state index in [1.54, 1.807) is 6.92 Å². The molecule has 0 unspecified atom stereocenters. The third-order valence-corrected chi connectivity index (χ3v) is 4.52. The van der Waals surface area contributed by atoms with Crippen LogP contribution in [-0.4, -0.2) is 50.6 Å². The van der Waals surface area contributed by atoms with E-state index >= 15 is 0 Å². The molecule has 0 saturated carbocycles. The van der Waals surface area contributed by atoms with E-state index in [4.69, 9.17) is 26.6 Å². The van der Waals surface area contributed by atoms with E-state index in [2.05, 4.69) is 10.6 Å². The van der Waals surface area contributed by atoms with Gasteiger partial charge in [0.2, 0.25) is 15.9 Å². The molecule has 0 aliphatic carbocycles. The van der Waals surface area contributed by atoms with Gasteiger partial charge < -0.3 is 15.2 Å². The number of amides is 1. The van der Waals surface area contributed by atoms with Gasteiger partial charge in [-0.3, -0.25) is 14.9 Å². The maximum Gasteiger partial charge on any atom is 0.338 e.